The molecular weight excluding hydrogens is 214 g/mol. The Morgan fingerprint density at radius 3 is 1.94 bits per heavy atom. The predicted molar refractivity (Wildman–Crippen MR) is 73.7 cm³/mol. The van der Waals surface area contributed by atoms with Crippen molar-refractivity contribution in [3.63, 3.8) is 0 Å². The van der Waals surface area contributed by atoms with Crippen molar-refractivity contribution < 1.29 is 9.90 Å². The summed E-state index contributed by atoms with van der Waals surface area (Å²) in [5.41, 5.74) is 6.20. The molecule has 3 nitrogen and oxygen atoms in total. The van der Waals surface area contributed by atoms with Gasteiger partial charge in [0, 0.05) is 5.57 Å². The van der Waals surface area contributed by atoms with Crippen molar-refractivity contribution in [2.24, 2.45) is 5.73 Å². The maximum absolute atomic E-state index is 9.60. The summed E-state index contributed by atoms with van der Waals surface area (Å²) in [4.78, 5) is 9.60. The van der Waals surface area contributed by atoms with E-state index in [9.17, 15) is 4.79 Å². The van der Waals surface area contributed by atoms with E-state index < -0.39 is 5.97 Å². The number of carboxylic acids is 1. The molecule has 0 aliphatic carbocycles. The molecule has 0 radical (unpaired) electrons. The molecule has 1 aromatic rings. The minimum atomic E-state index is -0.935. The van der Waals surface area contributed by atoms with Crippen LogP contribution in [0.3, 0.4) is 0 Å². The van der Waals surface area contributed by atoms with Gasteiger partial charge in [-0.15, -0.1) is 0 Å². The highest BCUT2D eigenvalue weighted by atomic mass is 16.4. The molecule has 0 spiro atoms. The first-order valence-electron chi connectivity index (χ1n) is 5.25. The van der Waals surface area contributed by atoms with Gasteiger partial charge in [0.1, 0.15) is 0 Å². The van der Waals surface area contributed by atoms with Crippen LogP contribution in [-0.2, 0) is 4.79 Å². The molecule has 0 aliphatic heterocycles. The van der Waals surface area contributed by atoms with Gasteiger partial charge in [0.25, 0.3) is 0 Å². The summed E-state index contributed by atoms with van der Waals surface area (Å²) in [7, 11) is 0. The number of carbonyl (C=O) groups is 1. The van der Waals surface area contributed by atoms with Crippen LogP contribution in [0, 0.1) is 0 Å². The summed E-state index contributed by atoms with van der Waals surface area (Å²) in [6.07, 6.45) is 1.83. The number of carboxylic acid groups (broad SMARTS) is 1. The van der Waals surface area contributed by atoms with Gasteiger partial charge in [0.05, 0.1) is 0 Å². The number of benzene rings is 1. The fourth-order valence-corrected chi connectivity index (χ4v) is 0.589. The fraction of sp³-hybridized carbons (Fsp3) is 0.214. The van der Waals surface area contributed by atoms with Crippen LogP contribution < -0.4 is 5.73 Å². The molecule has 94 valence electrons. The first kappa shape index (κ1) is 17.5. The standard InChI is InChI=1S/C8H8.C4H6O2.C2H7N/c1-2-8-6-4-3-5-7-8;1-3(2)4(5)6;1-2-3/h2-7H,1H2;1H2,2H3,(H,5,6);2-3H2,1H3. The van der Waals surface area contributed by atoms with Crippen LogP contribution in [-0.4, -0.2) is 17.6 Å². The summed E-state index contributed by atoms with van der Waals surface area (Å²) >= 11 is 0. The van der Waals surface area contributed by atoms with E-state index in [1.807, 2.05) is 43.3 Å². The monoisotopic (exact) mass is 235 g/mol. The third-order valence-corrected chi connectivity index (χ3v) is 1.40. The lowest BCUT2D eigenvalue weighted by molar-refractivity contribution is -0.132. The van der Waals surface area contributed by atoms with Gasteiger partial charge in [-0.25, -0.2) is 4.79 Å². The van der Waals surface area contributed by atoms with Crippen LogP contribution >= 0.6 is 0 Å². The molecule has 1 aromatic carbocycles. The van der Waals surface area contributed by atoms with Gasteiger partial charge in [0.15, 0.2) is 0 Å². The Labute approximate surface area is 103 Å². The molecule has 0 unspecified atom stereocenters. The Bertz CT molecular complexity index is 319. The molecule has 0 bridgehead atoms. The largest absolute Gasteiger partial charge is 0.478 e. The zero-order valence-corrected chi connectivity index (χ0v) is 10.5. The molecule has 0 aromatic heterocycles. The lowest BCUT2D eigenvalue weighted by atomic mass is 10.2. The molecule has 3 N–H and O–H groups in total. The summed E-state index contributed by atoms with van der Waals surface area (Å²) < 4.78 is 0. The lowest BCUT2D eigenvalue weighted by Crippen LogP contribution is -1.92. The van der Waals surface area contributed by atoms with Crippen molar-refractivity contribution >= 4 is 12.0 Å². The quantitative estimate of drug-likeness (QED) is 0.775. The van der Waals surface area contributed by atoms with Gasteiger partial charge in [0.2, 0.25) is 0 Å². The van der Waals surface area contributed by atoms with Crippen molar-refractivity contribution in [1.29, 1.82) is 0 Å². The molecule has 0 atom stereocenters. The highest BCUT2D eigenvalue weighted by Gasteiger charge is 1.90. The van der Waals surface area contributed by atoms with Crippen molar-refractivity contribution in [1.82, 2.24) is 0 Å². The number of rotatable bonds is 2. The maximum Gasteiger partial charge on any atom is 0.330 e. The first-order valence-corrected chi connectivity index (χ1v) is 5.25. The van der Waals surface area contributed by atoms with Crippen LogP contribution in [0.1, 0.15) is 19.4 Å². The van der Waals surface area contributed by atoms with E-state index in [1.165, 1.54) is 12.5 Å². The van der Waals surface area contributed by atoms with Gasteiger partial charge >= 0.3 is 5.97 Å². The third kappa shape index (κ3) is 14.1. The van der Waals surface area contributed by atoms with Gasteiger partial charge < -0.3 is 10.8 Å². The zero-order valence-electron chi connectivity index (χ0n) is 10.5. The van der Waals surface area contributed by atoms with E-state index in [0.29, 0.717) is 0 Å². The lowest BCUT2D eigenvalue weighted by Gasteiger charge is -1.85. The summed E-state index contributed by atoms with van der Waals surface area (Å²) in [5, 5.41) is 7.89. The molecule has 17 heavy (non-hydrogen) atoms. The first-order chi connectivity index (χ1) is 7.99. The Kier molecular flexibility index (Phi) is 12.6. The molecule has 0 fully saturated rings. The Morgan fingerprint density at radius 2 is 1.76 bits per heavy atom. The number of aliphatic carboxylic acids is 1. The highest BCUT2D eigenvalue weighted by Crippen LogP contribution is 1.97. The molecular formula is C14H21NO2. The second-order valence-corrected chi connectivity index (χ2v) is 3.11. The smallest absolute Gasteiger partial charge is 0.330 e. The maximum atomic E-state index is 9.60. The molecule has 0 heterocycles. The second kappa shape index (κ2) is 12.2. The second-order valence-electron chi connectivity index (χ2n) is 3.11. The van der Waals surface area contributed by atoms with E-state index >= 15 is 0 Å². The van der Waals surface area contributed by atoms with E-state index in [1.54, 1.807) is 0 Å². The average molecular weight is 235 g/mol. The van der Waals surface area contributed by atoms with Crippen LogP contribution in [0.15, 0.2) is 49.1 Å². The normalized spacial score (nSPS) is 7.71. The Morgan fingerprint density at radius 1 is 1.41 bits per heavy atom. The van der Waals surface area contributed by atoms with Crippen molar-refractivity contribution in [3.8, 4) is 0 Å². The minimum Gasteiger partial charge on any atom is -0.478 e. The number of nitrogens with two attached hydrogens (primary N) is 1. The SMILES string of the molecule is C=C(C)C(=O)O.C=Cc1ccccc1.CCN. The minimum absolute atomic E-state index is 0.176. The van der Waals surface area contributed by atoms with Gasteiger partial charge in [-0.3, -0.25) is 0 Å². The summed E-state index contributed by atoms with van der Waals surface area (Å²) in [6.45, 7) is 10.9. The Hall–Kier alpha value is -1.87. The summed E-state index contributed by atoms with van der Waals surface area (Å²) in [6, 6.07) is 10.0. The third-order valence-electron chi connectivity index (χ3n) is 1.40. The molecule has 1 rings (SSSR count). The fourth-order valence-electron chi connectivity index (χ4n) is 0.589. The number of hydrogen-bond acceptors (Lipinski definition) is 2. The Balaban J connectivity index is 0. The van der Waals surface area contributed by atoms with E-state index in [2.05, 4.69) is 13.2 Å². The van der Waals surface area contributed by atoms with E-state index in [4.69, 9.17) is 10.8 Å². The van der Waals surface area contributed by atoms with Gasteiger partial charge in [-0.1, -0.05) is 56.5 Å². The van der Waals surface area contributed by atoms with Crippen LogP contribution in [0.2, 0.25) is 0 Å². The molecule has 0 saturated carbocycles. The average Bonchev–Trinajstić information content (AvgIpc) is 2.32. The molecule has 0 saturated heterocycles. The molecule has 0 amide bonds. The van der Waals surface area contributed by atoms with Crippen molar-refractivity contribution in [2.75, 3.05) is 6.54 Å². The number of hydrogen-bond donors (Lipinski definition) is 2. The van der Waals surface area contributed by atoms with Crippen molar-refractivity contribution in [2.45, 2.75) is 13.8 Å². The molecule has 0 aliphatic rings. The van der Waals surface area contributed by atoms with E-state index in [0.717, 1.165) is 6.54 Å². The van der Waals surface area contributed by atoms with Gasteiger partial charge in [-0.05, 0) is 19.0 Å². The highest BCUT2D eigenvalue weighted by molar-refractivity contribution is 5.84. The zero-order chi connectivity index (χ0) is 13.7. The van der Waals surface area contributed by atoms with E-state index in [-0.39, 0.29) is 5.57 Å². The van der Waals surface area contributed by atoms with Gasteiger partial charge in [-0.2, -0.15) is 0 Å². The van der Waals surface area contributed by atoms with Crippen LogP contribution in [0.25, 0.3) is 6.08 Å². The topological polar surface area (TPSA) is 63.3 Å². The predicted octanol–water partition coefficient (Wildman–Crippen LogP) is 2.94. The summed E-state index contributed by atoms with van der Waals surface area (Å²) in [5.74, 6) is -0.935. The van der Waals surface area contributed by atoms with Crippen LogP contribution in [0.5, 0.6) is 0 Å². The van der Waals surface area contributed by atoms with Crippen molar-refractivity contribution in [3.05, 3.63) is 54.6 Å². The molecule has 3 heteroatoms. The van der Waals surface area contributed by atoms with Crippen LogP contribution in [0.4, 0.5) is 0 Å².